The topological polar surface area (TPSA) is 43.6 Å². The molecule has 0 radical (unpaired) electrons. The Labute approximate surface area is 110 Å². The first kappa shape index (κ1) is 12.6. The molecule has 0 unspecified atom stereocenters. The van der Waals surface area contributed by atoms with Gasteiger partial charge in [0.05, 0.1) is 17.3 Å². The smallest absolute Gasteiger partial charge is 0.162 e. The standard InChI is InChI=1S/C11H15ClN4S/c1-3-4-5-17-7-9-14-10(12)8-6-13-16(2)11(8)15-9/h6H,3-5,7H2,1-2H3. The molecule has 0 aromatic carbocycles. The van der Waals surface area contributed by atoms with Crippen LogP contribution >= 0.6 is 23.4 Å². The first-order valence-electron chi connectivity index (χ1n) is 5.64. The molecule has 92 valence electrons. The summed E-state index contributed by atoms with van der Waals surface area (Å²) in [6.45, 7) is 2.19. The number of hydrogen-bond donors (Lipinski definition) is 0. The third-order valence-corrected chi connectivity index (χ3v) is 3.79. The van der Waals surface area contributed by atoms with Crippen LogP contribution in [-0.4, -0.2) is 25.5 Å². The summed E-state index contributed by atoms with van der Waals surface area (Å²) in [5, 5.41) is 5.44. The minimum atomic E-state index is 0.495. The molecule has 6 heteroatoms. The zero-order valence-corrected chi connectivity index (χ0v) is 11.6. The predicted octanol–water partition coefficient (Wildman–Crippen LogP) is 3.05. The summed E-state index contributed by atoms with van der Waals surface area (Å²) in [6.07, 6.45) is 4.15. The van der Waals surface area contributed by atoms with Crippen LogP contribution in [0.4, 0.5) is 0 Å². The average Bonchev–Trinajstić information content (AvgIpc) is 2.68. The molecular formula is C11H15ClN4S. The van der Waals surface area contributed by atoms with Crippen molar-refractivity contribution in [1.29, 1.82) is 0 Å². The number of thioether (sulfide) groups is 1. The van der Waals surface area contributed by atoms with E-state index in [-0.39, 0.29) is 0 Å². The molecule has 0 aliphatic carbocycles. The highest BCUT2D eigenvalue weighted by Crippen LogP contribution is 2.21. The number of unbranched alkanes of at least 4 members (excludes halogenated alkanes) is 1. The molecule has 17 heavy (non-hydrogen) atoms. The van der Waals surface area contributed by atoms with E-state index < -0.39 is 0 Å². The number of aromatic nitrogens is 4. The summed E-state index contributed by atoms with van der Waals surface area (Å²) < 4.78 is 1.73. The van der Waals surface area contributed by atoms with Gasteiger partial charge in [0.1, 0.15) is 11.0 Å². The lowest BCUT2D eigenvalue weighted by Gasteiger charge is -2.02. The van der Waals surface area contributed by atoms with Gasteiger partial charge in [-0.2, -0.15) is 16.9 Å². The highest BCUT2D eigenvalue weighted by Gasteiger charge is 2.09. The zero-order chi connectivity index (χ0) is 12.3. The average molecular weight is 271 g/mol. The van der Waals surface area contributed by atoms with Crippen LogP contribution in [0.2, 0.25) is 5.15 Å². The lowest BCUT2D eigenvalue weighted by molar-refractivity contribution is 0.782. The Balaban J connectivity index is 2.15. The molecule has 0 amide bonds. The van der Waals surface area contributed by atoms with Crippen molar-refractivity contribution in [1.82, 2.24) is 19.7 Å². The van der Waals surface area contributed by atoms with E-state index in [4.69, 9.17) is 11.6 Å². The molecule has 0 saturated carbocycles. The molecule has 0 atom stereocenters. The molecule has 4 nitrogen and oxygen atoms in total. The monoisotopic (exact) mass is 270 g/mol. The summed E-state index contributed by atoms with van der Waals surface area (Å²) in [5.41, 5.74) is 0.802. The molecule has 2 heterocycles. The molecule has 0 saturated heterocycles. The highest BCUT2D eigenvalue weighted by molar-refractivity contribution is 7.98. The number of aryl methyl sites for hydroxylation is 1. The van der Waals surface area contributed by atoms with Crippen molar-refractivity contribution >= 4 is 34.4 Å². The molecule has 0 aliphatic rings. The number of rotatable bonds is 5. The molecule has 0 bridgehead atoms. The van der Waals surface area contributed by atoms with Crippen molar-refractivity contribution in [3.8, 4) is 0 Å². The summed E-state index contributed by atoms with van der Waals surface area (Å²) in [6, 6.07) is 0. The van der Waals surface area contributed by atoms with Crippen molar-refractivity contribution < 1.29 is 0 Å². The normalized spacial score (nSPS) is 11.2. The largest absolute Gasteiger partial charge is 0.250 e. The number of hydrogen-bond acceptors (Lipinski definition) is 4. The van der Waals surface area contributed by atoms with E-state index in [0.29, 0.717) is 5.15 Å². The molecule has 2 rings (SSSR count). The van der Waals surface area contributed by atoms with Gasteiger partial charge in [-0.15, -0.1) is 0 Å². The van der Waals surface area contributed by atoms with Crippen LogP contribution < -0.4 is 0 Å². The Bertz CT molecular complexity index is 511. The Hall–Kier alpha value is -0.810. The minimum Gasteiger partial charge on any atom is -0.250 e. The molecule has 0 spiro atoms. The van der Waals surface area contributed by atoms with E-state index >= 15 is 0 Å². The van der Waals surface area contributed by atoms with Gasteiger partial charge in [-0.05, 0) is 12.2 Å². The second kappa shape index (κ2) is 5.69. The van der Waals surface area contributed by atoms with Crippen LogP contribution in [0.5, 0.6) is 0 Å². The van der Waals surface area contributed by atoms with Crippen molar-refractivity contribution in [2.24, 2.45) is 7.05 Å². The maximum Gasteiger partial charge on any atom is 0.162 e. The van der Waals surface area contributed by atoms with Gasteiger partial charge in [-0.25, -0.2) is 9.97 Å². The Morgan fingerprint density at radius 1 is 1.41 bits per heavy atom. The maximum atomic E-state index is 6.10. The Kier molecular flexibility index (Phi) is 4.23. The van der Waals surface area contributed by atoms with Crippen LogP contribution in [0.25, 0.3) is 11.0 Å². The fourth-order valence-corrected chi connectivity index (χ4v) is 2.68. The molecular weight excluding hydrogens is 256 g/mol. The van der Waals surface area contributed by atoms with Crippen molar-refractivity contribution in [2.75, 3.05) is 5.75 Å². The first-order chi connectivity index (χ1) is 8.22. The van der Waals surface area contributed by atoms with E-state index in [1.807, 2.05) is 18.8 Å². The molecule has 0 aliphatic heterocycles. The van der Waals surface area contributed by atoms with Gasteiger partial charge in [0, 0.05) is 7.05 Å². The fraction of sp³-hybridized carbons (Fsp3) is 0.545. The third kappa shape index (κ3) is 2.90. The predicted molar refractivity (Wildman–Crippen MR) is 72.4 cm³/mol. The van der Waals surface area contributed by atoms with Crippen LogP contribution in [0.1, 0.15) is 25.6 Å². The third-order valence-electron chi connectivity index (χ3n) is 2.47. The summed E-state index contributed by atoms with van der Waals surface area (Å²) >= 11 is 7.95. The van der Waals surface area contributed by atoms with Crippen LogP contribution in [0.15, 0.2) is 6.20 Å². The lowest BCUT2D eigenvalue weighted by Crippen LogP contribution is -1.98. The Morgan fingerprint density at radius 3 is 3.00 bits per heavy atom. The second-order valence-corrected chi connectivity index (χ2v) is 5.31. The van der Waals surface area contributed by atoms with Crippen molar-refractivity contribution in [3.63, 3.8) is 0 Å². The fourth-order valence-electron chi connectivity index (χ4n) is 1.50. The van der Waals surface area contributed by atoms with Crippen LogP contribution in [-0.2, 0) is 12.8 Å². The number of nitrogens with zero attached hydrogens (tertiary/aromatic N) is 4. The SMILES string of the molecule is CCCCSCc1nc(Cl)c2cnn(C)c2n1. The maximum absolute atomic E-state index is 6.10. The highest BCUT2D eigenvalue weighted by atomic mass is 35.5. The van der Waals surface area contributed by atoms with Gasteiger partial charge in [0.15, 0.2) is 5.65 Å². The summed E-state index contributed by atoms with van der Waals surface area (Å²) in [5.74, 6) is 2.73. The molecule has 2 aromatic rings. The molecule has 0 fully saturated rings. The van der Waals surface area contributed by atoms with Gasteiger partial charge < -0.3 is 0 Å². The van der Waals surface area contributed by atoms with E-state index in [1.54, 1.807) is 10.9 Å². The number of halogens is 1. The summed E-state index contributed by atoms with van der Waals surface area (Å²) in [7, 11) is 1.86. The minimum absolute atomic E-state index is 0.495. The number of fused-ring (bicyclic) bond motifs is 1. The Morgan fingerprint density at radius 2 is 2.24 bits per heavy atom. The van der Waals surface area contributed by atoms with Crippen molar-refractivity contribution in [2.45, 2.75) is 25.5 Å². The van der Waals surface area contributed by atoms with Gasteiger partial charge >= 0.3 is 0 Å². The van der Waals surface area contributed by atoms with Crippen LogP contribution in [0, 0.1) is 0 Å². The molecule has 2 aromatic heterocycles. The van der Waals surface area contributed by atoms with Gasteiger partial charge in [-0.3, -0.25) is 4.68 Å². The van der Waals surface area contributed by atoms with E-state index in [0.717, 1.165) is 28.4 Å². The van der Waals surface area contributed by atoms with E-state index in [9.17, 15) is 0 Å². The van der Waals surface area contributed by atoms with E-state index in [2.05, 4.69) is 22.0 Å². The quantitative estimate of drug-likeness (QED) is 0.619. The summed E-state index contributed by atoms with van der Waals surface area (Å²) in [4.78, 5) is 8.77. The van der Waals surface area contributed by atoms with E-state index in [1.165, 1.54) is 12.8 Å². The van der Waals surface area contributed by atoms with Gasteiger partial charge in [-0.1, -0.05) is 24.9 Å². The lowest BCUT2D eigenvalue weighted by atomic mass is 10.4. The van der Waals surface area contributed by atoms with Crippen LogP contribution in [0.3, 0.4) is 0 Å². The van der Waals surface area contributed by atoms with Gasteiger partial charge in [0.25, 0.3) is 0 Å². The first-order valence-corrected chi connectivity index (χ1v) is 7.17. The van der Waals surface area contributed by atoms with Gasteiger partial charge in [0.2, 0.25) is 0 Å². The van der Waals surface area contributed by atoms with Crippen molar-refractivity contribution in [3.05, 3.63) is 17.2 Å². The molecule has 0 N–H and O–H groups in total. The zero-order valence-electron chi connectivity index (χ0n) is 9.98. The second-order valence-electron chi connectivity index (χ2n) is 3.84.